The molecule has 1 atom stereocenters. The van der Waals surface area contributed by atoms with Gasteiger partial charge < -0.3 is 10.1 Å². The molecule has 0 aliphatic carbocycles. The second-order valence-electron chi connectivity index (χ2n) is 7.39. The van der Waals surface area contributed by atoms with E-state index < -0.39 is 0 Å². The maximum atomic E-state index is 13.0. The summed E-state index contributed by atoms with van der Waals surface area (Å²) in [6, 6.07) is 17.2. The van der Waals surface area contributed by atoms with Crippen molar-refractivity contribution < 1.29 is 9.53 Å². The number of hydrogen-bond donors (Lipinski definition) is 2. The molecule has 1 aromatic heterocycles. The molecule has 1 aliphatic heterocycles. The van der Waals surface area contributed by atoms with Crippen molar-refractivity contribution in [2.45, 2.75) is 12.6 Å². The van der Waals surface area contributed by atoms with Gasteiger partial charge in [0, 0.05) is 30.2 Å². The zero-order valence-electron chi connectivity index (χ0n) is 17.0. The molecule has 1 unspecified atom stereocenters. The van der Waals surface area contributed by atoms with E-state index in [1.54, 1.807) is 16.7 Å². The minimum Gasteiger partial charge on any atom is -0.379 e. The Morgan fingerprint density at radius 3 is 2.58 bits per heavy atom. The number of nitrogens with zero attached hydrogens (tertiary/aromatic N) is 3. The molecule has 1 aliphatic rings. The van der Waals surface area contributed by atoms with E-state index in [2.05, 4.69) is 20.4 Å². The Morgan fingerprint density at radius 2 is 1.87 bits per heavy atom. The first-order valence-corrected chi connectivity index (χ1v) is 10.9. The van der Waals surface area contributed by atoms with E-state index in [1.807, 2.05) is 42.5 Å². The molecule has 0 spiro atoms. The van der Waals surface area contributed by atoms with Gasteiger partial charge in [-0.05, 0) is 42.0 Å². The van der Waals surface area contributed by atoms with Gasteiger partial charge in [-0.15, -0.1) is 0 Å². The number of amides is 1. The van der Waals surface area contributed by atoms with Gasteiger partial charge >= 0.3 is 0 Å². The first-order valence-electron chi connectivity index (χ1n) is 10.2. The molecule has 1 amide bonds. The van der Waals surface area contributed by atoms with Crippen molar-refractivity contribution in [1.29, 1.82) is 0 Å². The summed E-state index contributed by atoms with van der Waals surface area (Å²) in [6.07, 6.45) is 0. The summed E-state index contributed by atoms with van der Waals surface area (Å²) in [5, 5.41) is 10.9. The number of carbonyl (C=O) groups is 1. The number of ether oxygens (including phenoxy) is 1. The summed E-state index contributed by atoms with van der Waals surface area (Å²) in [7, 11) is 0. The van der Waals surface area contributed by atoms with E-state index in [4.69, 9.17) is 28.6 Å². The number of nitrogens with one attached hydrogen (secondary N) is 2. The van der Waals surface area contributed by atoms with Gasteiger partial charge in [-0.1, -0.05) is 41.9 Å². The quantitative estimate of drug-likeness (QED) is 0.531. The topological polar surface area (TPSA) is 75.2 Å². The van der Waals surface area contributed by atoms with Crippen LogP contribution in [-0.2, 0) is 16.1 Å². The maximum Gasteiger partial charge on any atom is 0.240 e. The van der Waals surface area contributed by atoms with Crippen LogP contribution in [0.25, 0.3) is 11.4 Å². The van der Waals surface area contributed by atoms with Gasteiger partial charge in [-0.25, -0.2) is 0 Å². The predicted octanol–water partition coefficient (Wildman–Crippen LogP) is 3.45. The second-order valence-corrected chi connectivity index (χ2v) is 8.21. The molecule has 2 heterocycles. The average Bonchev–Trinajstić information content (AvgIpc) is 3.15. The van der Waals surface area contributed by atoms with E-state index in [0.717, 1.165) is 30.8 Å². The van der Waals surface area contributed by atoms with Crippen LogP contribution in [0.2, 0.25) is 5.02 Å². The van der Waals surface area contributed by atoms with Crippen molar-refractivity contribution in [1.82, 2.24) is 25.0 Å². The number of halogens is 1. The Balaban J connectivity index is 1.51. The maximum absolute atomic E-state index is 13.0. The highest BCUT2D eigenvalue weighted by Gasteiger charge is 2.21. The summed E-state index contributed by atoms with van der Waals surface area (Å²) in [6.45, 7) is 3.92. The van der Waals surface area contributed by atoms with Gasteiger partial charge in [0.2, 0.25) is 5.91 Å². The van der Waals surface area contributed by atoms with Crippen molar-refractivity contribution in [3.8, 4) is 11.4 Å². The molecule has 9 heteroatoms. The Morgan fingerprint density at radius 1 is 1.16 bits per heavy atom. The Labute approximate surface area is 191 Å². The number of carbonyl (C=O) groups excluding carboxylic acids is 1. The van der Waals surface area contributed by atoms with Gasteiger partial charge in [-0.2, -0.15) is 5.10 Å². The molecule has 0 saturated carbocycles. The molecule has 1 saturated heterocycles. The highest BCUT2D eigenvalue weighted by Crippen LogP contribution is 2.20. The molecule has 162 valence electrons. The number of hydrogen-bond acceptors (Lipinski definition) is 5. The van der Waals surface area contributed by atoms with Crippen molar-refractivity contribution in [2.24, 2.45) is 0 Å². The van der Waals surface area contributed by atoms with E-state index in [1.165, 1.54) is 0 Å². The normalized spacial score (nSPS) is 15.5. The first kappa shape index (κ1) is 21.7. The van der Waals surface area contributed by atoms with Crippen molar-refractivity contribution in [2.75, 3.05) is 32.8 Å². The molecule has 7 nitrogen and oxygen atoms in total. The molecule has 31 heavy (non-hydrogen) atoms. The number of aromatic amines is 1. The minimum atomic E-state index is -0.133. The zero-order valence-corrected chi connectivity index (χ0v) is 18.5. The Bertz CT molecular complexity index is 1060. The van der Waals surface area contributed by atoms with Crippen molar-refractivity contribution >= 4 is 29.7 Å². The summed E-state index contributed by atoms with van der Waals surface area (Å²) in [5.74, 6) is 0.469. The number of morpholine rings is 1. The zero-order chi connectivity index (χ0) is 21.6. The van der Waals surface area contributed by atoms with Crippen molar-refractivity contribution in [3.05, 3.63) is 70.0 Å². The molecule has 0 bridgehead atoms. The Kier molecular flexibility index (Phi) is 7.14. The summed E-state index contributed by atoms with van der Waals surface area (Å²) in [4.78, 5) is 15.4. The highest BCUT2D eigenvalue weighted by atomic mass is 35.5. The van der Waals surface area contributed by atoms with Crippen LogP contribution in [0.3, 0.4) is 0 Å². The van der Waals surface area contributed by atoms with Gasteiger partial charge in [0.15, 0.2) is 10.6 Å². The van der Waals surface area contributed by atoms with Crippen LogP contribution in [0.1, 0.15) is 11.6 Å². The molecule has 3 aromatic rings. The summed E-state index contributed by atoms with van der Waals surface area (Å²) >= 11 is 11.4. The molecule has 0 radical (unpaired) electrons. The Hall–Kier alpha value is -2.52. The van der Waals surface area contributed by atoms with Crippen LogP contribution in [0.4, 0.5) is 0 Å². The van der Waals surface area contributed by atoms with E-state index in [0.29, 0.717) is 28.8 Å². The summed E-state index contributed by atoms with van der Waals surface area (Å²) in [5.41, 5.74) is 1.90. The van der Waals surface area contributed by atoms with E-state index in [-0.39, 0.29) is 18.5 Å². The monoisotopic (exact) mass is 457 g/mol. The lowest BCUT2D eigenvalue weighted by Crippen LogP contribution is -2.43. The molecule has 2 aromatic carbocycles. The lowest BCUT2D eigenvalue weighted by atomic mass is 10.1. The fourth-order valence-corrected chi connectivity index (χ4v) is 3.95. The number of aromatic nitrogens is 3. The number of H-pyrrole nitrogens is 1. The highest BCUT2D eigenvalue weighted by molar-refractivity contribution is 7.71. The van der Waals surface area contributed by atoms with Gasteiger partial charge in [0.25, 0.3) is 0 Å². The summed E-state index contributed by atoms with van der Waals surface area (Å²) < 4.78 is 7.54. The minimum absolute atomic E-state index is 0.0692. The van der Waals surface area contributed by atoms with Crippen LogP contribution >= 0.6 is 23.8 Å². The lowest BCUT2D eigenvalue weighted by molar-refractivity contribution is -0.122. The molecule has 2 N–H and O–H groups in total. The fraction of sp³-hybridized carbons (Fsp3) is 0.318. The van der Waals surface area contributed by atoms with Crippen LogP contribution < -0.4 is 5.32 Å². The predicted molar refractivity (Wildman–Crippen MR) is 122 cm³/mol. The van der Waals surface area contributed by atoms with E-state index in [9.17, 15) is 4.79 Å². The molecular weight excluding hydrogens is 434 g/mol. The van der Waals surface area contributed by atoms with Crippen molar-refractivity contribution in [3.63, 3.8) is 0 Å². The largest absolute Gasteiger partial charge is 0.379 e. The number of benzene rings is 2. The second kappa shape index (κ2) is 10.2. The fourth-order valence-electron chi connectivity index (χ4n) is 3.63. The molecule has 4 rings (SSSR count). The molecule has 1 fully saturated rings. The van der Waals surface area contributed by atoms with Gasteiger partial charge in [0.1, 0.15) is 6.54 Å². The molecular formula is C22H24ClN5O2S. The standard InChI is InChI=1S/C22H24ClN5O2S/c23-18-8-6-17(7-9-18)21-25-26-22(31)28(21)15-20(29)24-19(16-4-2-1-3-5-16)14-27-10-12-30-13-11-27/h1-9,19H,10-15H2,(H,24,29)(H,26,31). The average molecular weight is 458 g/mol. The third-order valence-electron chi connectivity index (χ3n) is 5.24. The smallest absolute Gasteiger partial charge is 0.240 e. The SMILES string of the molecule is O=C(Cn1c(-c2ccc(Cl)cc2)n[nH]c1=S)NC(CN1CCOCC1)c1ccccc1. The third-order valence-corrected chi connectivity index (χ3v) is 5.81. The van der Waals surface area contributed by atoms with Crippen LogP contribution in [-0.4, -0.2) is 58.4 Å². The third kappa shape index (κ3) is 5.59. The lowest BCUT2D eigenvalue weighted by Gasteiger charge is -2.31. The van der Waals surface area contributed by atoms with Crippen LogP contribution in [0.5, 0.6) is 0 Å². The van der Waals surface area contributed by atoms with Gasteiger partial charge in [0.05, 0.1) is 19.3 Å². The first-order chi connectivity index (χ1) is 15.1. The number of rotatable bonds is 7. The van der Waals surface area contributed by atoms with E-state index >= 15 is 0 Å². The van der Waals surface area contributed by atoms with Crippen LogP contribution in [0.15, 0.2) is 54.6 Å². The van der Waals surface area contributed by atoms with Crippen LogP contribution in [0, 0.1) is 4.77 Å². The van der Waals surface area contributed by atoms with Gasteiger partial charge in [-0.3, -0.25) is 19.4 Å².